The van der Waals surface area contributed by atoms with E-state index in [9.17, 15) is 9.18 Å². The van der Waals surface area contributed by atoms with Gasteiger partial charge >= 0.3 is 0 Å². The molecule has 1 N–H and O–H groups in total. The van der Waals surface area contributed by atoms with Gasteiger partial charge in [-0.2, -0.15) is 0 Å². The number of halogens is 1. The Morgan fingerprint density at radius 2 is 2.31 bits per heavy atom. The summed E-state index contributed by atoms with van der Waals surface area (Å²) in [6.45, 7) is 1.66. The third-order valence-electron chi connectivity index (χ3n) is 2.38. The Morgan fingerprint density at radius 3 is 2.94 bits per heavy atom. The maximum absolute atomic E-state index is 13.2. The van der Waals surface area contributed by atoms with Crippen LogP contribution in [0.25, 0.3) is 0 Å². The number of benzene rings is 1. The molecule has 0 unspecified atom stereocenters. The summed E-state index contributed by atoms with van der Waals surface area (Å²) < 4.78 is 13.2. The van der Waals surface area contributed by atoms with Crippen LogP contribution in [0.3, 0.4) is 0 Å². The van der Waals surface area contributed by atoms with Crippen molar-refractivity contribution in [2.24, 2.45) is 0 Å². The number of rotatable bonds is 3. The second-order valence-electron chi connectivity index (χ2n) is 3.60. The highest BCUT2D eigenvalue weighted by molar-refractivity contribution is 5.97. The summed E-state index contributed by atoms with van der Waals surface area (Å²) in [6.07, 6.45) is 3.40. The van der Waals surface area contributed by atoms with Crippen molar-refractivity contribution < 1.29 is 9.18 Å². The minimum Gasteiger partial charge on any atom is -0.348 e. The molecule has 0 radical (unpaired) electrons. The molecule has 1 heterocycles. The standard InChI is InChI=1S/C12H11FN2O/c1-8-2-3-9(6-10(8)13)11(16)7-12-14-4-5-15-12/h2-6H,7H2,1H3,(H,14,15). The number of aromatic amines is 1. The lowest BCUT2D eigenvalue weighted by atomic mass is 10.1. The van der Waals surface area contributed by atoms with Crippen LogP contribution in [-0.2, 0) is 6.42 Å². The summed E-state index contributed by atoms with van der Waals surface area (Å²) in [7, 11) is 0. The van der Waals surface area contributed by atoms with E-state index >= 15 is 0 Å². The van der Waals surface area contributed by atoms with Gasteiger partial charge in [-0.1, -0.05) is 12.1 Å². The molecule has 0 spiro atoms. The lowest BCUT2D eigenvalue weighted by Crippen LogP contribution is -2.05. The summed E-state index contributed by atoms with van der Waals surface area (Å²) in [4.78, 5) is 18.5. The first-order valence-electron chi connectivity index (χ1n) is 4.94. The number of nitrogens with one attached hydrogen (secondary N) is 1. The number of hydrogen-bond acceptors (Lipinski definition) is 2. The summed E-state index contributed by atoms with van der Waals surface area (Å²) in [5, 5.41) is 0. The minimum absolute atomic E-state index is 0.145. The highest BCUT2D eigenvalue weighted by Crippen LogP contribution is 2.11. The van der Waals surface area contributed by atoms with Gasteiger partial charge in [0.05, 0.1) is 6.42 Å². The van der Waals surface area contributed by atoms with Crippen molar-refractivity contribution in [3.8, 4) is 0 Å². The molecule has 0 aliphatic rings. The van der Waals surface area contributed by atoms with E-state index < -0.39 is 0 Å². The topological polar surface area (TPSA) is 45.8 Å². The van der Waals surface area contributed by atoms with E-state index in [0.29, 0.717) is 17.0 Å². The third kappa shape index (κ3) is 2.16. The molecule has 1 aromatic carbocycles. The number of aryl methyl sites for hydroxylation is 1. The minimum atomic E-state index is -0.356. The van der Waals surface area contributed by atoms with E-state index in [2.05, 4.69) is 9.97 Å². The zero-order valence-electron chi connectivity index (χ0n) is 8.83. The first kappa shape index (κ1) is 10.5. The van der Waals surface area contributed by atoms with Crippen molar-refractivity contribution in [1.82, 2.24) is 9.97 Å². The van der Waals surface area contributed by atoms with Gasteiger partial charge < -0.3 is 4.98 Å². The first-order chi connectivity index (χ1) is 7.66. The molecule has 1 aromatic heterocycles. The quantitative estimate of drug-likeness (QED) is 0.803. The molecule has 2 aromatic rings. The summed E-state index contributed by atoms with van der Waals surface area (Å²) in [5.41, 5.74) is 0.911. The lowest BCUT2D eigenvalue weighted by Gasteiger charge is -2.01. The molecule has 16 heavy (non-hydrogen) atoms. The number of imidazole rings is 1. The molecule has 3 nitrogen and oxygen atoms in total. The van der Waals surface area contributed by atoms with E-state index in [0.717, 1.165) is 0 Å². The number of ketones is 1. The molecule has 0 aliphatic carbocycles. The lowest BCUT2D eigenvalue weighted by molar-refractivity contribution is 0.0990. The normalized spacial score (nSPS) is 10.4. The number of Topliss-reactive ketones (excluding diaryl/α,β-unsaturated/α-hetero) is 1. The predicted molar refractivity (Wildman–Crippen MR) is 57.8 cm³/mol. The number of nitrogens with zero attached hydrogens (tertiary/aromatic N) is 1. The maximum Gasteiger partial charge on any atom is 0.170 e. The summed E-state index contributed by atoms with van der Waals surface area (Å²) in [5.74, 6) is 0.0881. The largest absolute Gasteiger partial charge is 0.348 e. The van der Waals surface area contributed by atoms with Crippen LogP contribution in [0.2, 0.25) is 0 Å². The fourth-order valence-corrected chi connectivity index (χ4v) is 1.42. The predicted octanol–water partition coefficient (Wildman–Crippen LogP) is 2.28. The van der Waals surface area contributed by atoms with Crippen molar-refractivity contribution in [2.75, 3.05) is 0 Å². The number of hydrogen-bond donors (Lipinski definition) is 1. The Bertz CT molecular complexity index is 506. The Hall–Kier alpha value is -1.97. The highest BCUT2D eigenvalue weighted by Gasteiger charge is 2.10. The molecular formula is C12H11FN2O. The number of aromatic nitrogens is 2. The molecule has 0 saturated carbocycles. The molecule has 2 rings (SSSR count). The highest BCUT2D eigenvalue weighted by atomic mass is 19.1. The zero-order valence-corrected chi connectivity index (χ0v) is 8.83. The number of carbonyl (C=O) groups is 1. The van der Waals surface area contributed by atoms with Crippen LogP contribution >= 0.6 is 0 Å². The maximum atomic E-state index is 13.2. The van der Waals surface area contributed by atoms with Crippen LogP contribution in [0.15, 0.2) is 30.6 Å². The Morgan fingerprint density at radius 1 is 1.50 bits per heavy atom. The summed E-state index contributed by atoms with van der Waals surface area (Å²) >= 11 is 0. The van der Waals surface area contributed by atoms with Gasteiger partial charge in [-0.25, -0.2) is 9.37 Å². The smallest absolute Gasteiger partial charge is 0.170 e. The fraction of sp³-hybridized carbons (Fsp3) is 0.167. The van der Waals surface area contributed by atoms with E-state index in [1.54, 1.807) is 31.5 Å². The van der Waals surface area contributed by atoms with Crippen molar-refractivity contribution in [3.05, 3.63) is 53.4 Å². The molecule has 0 fully saturated rings. The van der Waals surface area contributed by atoms with Gasteiger partial charge in [-0.3, -0.25) is 4.79 Å². The zero-order chi connectivity index (χ0) is 11.5. The van der Waals surface area contributed by atoms with Crippen molar-refractivity contribution in [1.29, 1.82) is 0 Å². The van der Waals surface area contributed by atoms with E-state index in [-0.39, 0.29) is 18.0 Å². The molecule has 0 atom stereocenters. The number of H-pyrrole nitrogens is 1. The fourth-order valence-electron chi connectivity index (χ4n) is 1.42. The Kier molecular flexibility index (Phi) is 2.81. The molecule has 0 bridgehead atoms. The van der Waals surface area contributed by atoms with E-state index in [1.165, 1.54) is 6.07 Å². The summed E-state index contributed by atoms with van der Waals surface area (Å²) in [6, 6.07) is 4.50. The van der Waals surface area contributed by atoms with Crippen LogP contribution in [0, 0.1) is 12.7 Å². The molecule has 0 amide bonds. The molecular weight excluding hydrogens is 207 g/mol. The third-order valence-corrected chi connectivity index (χ3v) is 2.38. The Labute approximate surface area is 92.3 Å². The van der Waals surface area contributed by atoms with Crippen LogP contribution in [0.5, 0.6) is 0 Å². The average molecular weight is 218 g/mol. The molecule has 0 saturated heterocycles. The van der Waals surface area contributed by atoms with Crippen LogP contribution in [-0.4, -0.2) is 15.8 Å². The van der Waals surface area contributed by atoms with E-state index in [1.807, 2.05) is 0 Å². The molecule has 4 heteroatoms. The second-order valence-corrected chi connectivity index (χ2v) is 3.60. The SMILES string of the molecule is Cc1ccc(C(=O)Cc2ncc[nH]2)cc1F. The van der Waals surface area contributed by atoms with Crippen LogP contribution in [0.1, 0.15) is 21.7 Å². The van der Waals surface area contributed by atoms with E-state index in [4.69, 9.17) is 0 Å². The second kappa shape index (κ2) is 4.26. The average Bonchev–Trinajstić information content (AvgIpc) is 2.74. The molecule has 82 valence electrons. The number of carbonyl (C=O) groups excluding carboxylic acids is 1. The first-order valence-corrected chi connectivity index (χ1v) is 4.94. The van der Waals surface area contributed by atoms with Gasteiger partial charge in [-0.05, 0) is 18.6 Å². The van der Waals surface area contributed by atoms with Crippen LogP contribution in [0.4, 0.5) is 4.39 Å². The van der Waals surface area contributed by atoms with Crippen LogP contribution < -0.4 is 0 Å². The Balaban J connectivity index is 2.18. The van der Waals surface area contributed by atoms with Crippen molar-refractivity contribution >= 4 is 5.78 Å². The van der Waals surface area contributed by atoms with Crippen molar-refractivity contribution in [3.63, 3.8) is 0 Å². The van der Waals surface area contributed by atoms with Gasteiger partial charge in [0.15, 0.2) is 5.78 Å². The van der Waals surface area contributed by atoms with Crippen molar-refractivity contribution in [2.45, 2.75) is 13.3 Å². The van der Waals surface area contributed by atoms with Gasteiger partial charge in [0, 0.05) is 18.0 Å². The monoisotopic (exact) mass is 218 g/mol. The molecule has 0 aliphatic heterocycles. The van der Waals surface area contributed by atoms with Gasteiger partial charge in [0.1, 0.15) is 11.6 Å². The van der Waals surface area contributed by atoms with Gasteiger partial charge in [0.2, 0.25) is 0 Å². The van der Waals surface area contributed by atoms with Gasteiger partial charge in [0.25, 0.3) is 0 Å². The van der Waals surface area contributed by atoms with Gasteiger partial charge in [-0.15, -0.1) is 0 Å².